The number of carbonyl (C=O) groups is 1. The number of rotatable bonds is 11. The van der Waals surface area contributed by atoms with E-state index in [1.807, 2.05) is 16.3 Å². The van der Waals surface area contributed by atoms with Gasteiger partial charge in [0.05, 0.1) is 32.4 Å². The highest BCUT2D eigenvalue weighted by molar-refractivity contribution is 7.88. The smallest absolute Gasteiger partial charge is 0.259 e. The van der Waals surface area contributed by atoms with Gasteiger partial charge in [-0.1, -0.05) is 47.9 Å². The van der Waals surface area contributed by atoms with Crippen molar-refractivity contribution in [2.24, 2.45) is 0 Å². The normalized spacial score (nSPS) is 14.4. The second kappa shape index (κ2) is 14.6. The van der Waals surface area contributed by atoms with Crippen LogP contribution in [-0.4, -0.2) is 68.2 Å². The van der Waals surface area contributed by atoms with Crippen LogP contribution in [-0.2, 0) is 16.6 Å². The average molecular weight is 668 g/mol. The van der Waals surface area contributed by atoms with E-state index in [-0.39, 0.29) is 24.4 Å². The van der Waals surface area contributed by atoms with E-state index in [1.54, 1.807) is 6.07 Å². The number of pyridine rings is 1. The third-order valence-corrected chi connectivity index (χ3v) is 9.56. The maximum Gasteiger partial charge on any atom is 0.259 e. The molecule has 0 aromatic carbocycles. The Bertz CT molecular complexity index is 1410. The van der Waals surface area contributed by atoms with Crippen LogP contribution < -0.4 is 14.9 Å². The Kier molecular flexibility index (Phi) is 12.0. The number of carbonyl (C=O) groups excluding carboxylic acids is 1. The fourth-order valence-electron chi connectivity index (χ4n) is 4.36. The van der Waals surface area contributed by atoms with Crippen LogP contribution in [0.4, 0.5) is 10.9 Å². The Hall–Kier alpha value is -1.51. The van der Waals surface area contributed by atoms with Crippen molar-refractivity contribution in [3.63, 3.8) is 0 Å². The third kappa shape index (κ3) is 8.99. The number of thiazole rings is 1. The summed E-state index contributed by atoms with van der Waals surface area (Å²) in [5, 5.41) is 6.31. The predicted octanol–water partition coefficient (Wildman–Crippen LogP) is 6.00. The van der Waals surface area contributed by atoms with E-state index in [4.69, 9.17) is 28.2 Å². The van der Waals surface area contributed by atoms with Gasteiger partial charge in [-0.15, -0.1) is 23.7 Å². The minimum atomic E-state index is -3.25. The van der Waals surface area contributed by atoms with Gasteiger partial charge in [0.1, 0.15) is 5.82 Å². The lowest BCUT2D eigenvalue weighted by Gasteiger charge is -2.33. The molecule has 15 heteroatoms. The number of amides is 1. The lowest BCUT2D eigenvalue weighted by atomic mass is 10.1. The van der Waals surface area contributed by atoms with E-state index in [0.717, 1.165) is 41.4 Å². The Morgan fingerprint density at radius 3 is 2.58 bits per heavy atom. The molecular formula is C25H33Cl3N6O3S3. The molecule has 40 heavy (non-hydrogen) atoms. The van der Waals surface area contributed by atoms with Crippen molar-refractivity contribution in [3.05, 3.63) is 44.2 Å². The van der Waals surface area contributed by atoms with Gasteiger partial charge in [-0.05, 0) is 45.0 Å². The fourth-order valence-corrected chi connectivity index (χ4v) is 7.70. The molecule has 1 saturated heterocycles. The fraction of sp³-hybridized carbons (Fsp3) is 0.480. The van der Waals surface area contributed by atoms with Gasteiger partial charge < -0.3 is 9.80 Å². The zero-order chi connectivity index (χ0) is 28.2. The van der Waals surface area contributed by atoms with Crippen LogP contribution in [0.2, 0.25) is 10.0 Å². The lowest BCUT2D eigenvalue weighted by molar-refractivity contribution is 0.102. The van der Waals surface area contributed by atoms with Crippen LogP contribution in [0.1, 0.15) is 47.8 Å². The van der Waals surface area contributed by atoms with Crippen LogP contribution in [0.25, 0.3) is 10.6 Å². The highest BCUT2D eigenvalue weighted by atomic mass is 35.5. The number of unbranched alkanes of at least 4 members (excludes halogenated alkanes) is 1. The number of nitrogens with zero attached hydrogens (tertiary/aromatic N) is 4. The Labute approximate surface area is 259 Å². The van der Waals surface area contributed by atoms with E-state index in [2.05, 4.69) is 33.9 Å². The number of thiophene rings is 1. The lowest BCUT2D eigenvalue weighted by Crippen LogP contribution is -2.44. The molecule has 0 atom stereocenters. The zero-order valence-electron chi connectivity index (χ0n) is 22.4. The summed E-state index contributed by atoms with van der Waals surface area (Å²) in [5.74, 6) is 0.233. The zero-order valence-corrected chi connectivity index (χ0v) is 27.2. The molecule has 0 radical (unpaired) electrons. The van der Waals surface area contributed by atoms with Gasteiger partial charge in [0.15, 0.2) is 5.13 Å². The van der Waals surface area contributed by atoms with E-state index in [9.17, 15) is 13.2 Å². The average Bonchev–Trinajstić information content (AvgIpc) is 3.47. The van der Waals surface area contributed by atoms with Crippen molar-refractivity contribution < 1.29 is 13.2 Å². The maximum absolute atomic E-state index is 13.1. The van der Waals surface area contributed by atoms with Crippen LogP contribution >= 0.6 is 58.3 Å². The number of anilines is 2. The standard InChI is InChI=1S/C25H32Cl2N6O3S3.ClH/c1-4-5-8-32(2)14-21-22(20-12-17(26)15-37-20)29-25(38-21)30-24(34)16-11-19(27)23(28-13-16)33-9-6-18(7-10-33)31-39(3,35)36;/h11-13,15,18,31H,4-10,14H2,1-3H3,(H,29,30,34);1H. The minimum Gasteiger partial charge on any atom is -0.355 e. The van der Waals surface area contributed by atoms with Crippen molar-refractivity contribution in [1.29, 1.82) is 0 Å². The minimum absolute atomic E-state index is 0. The summed E-state index contributed by atoms with van der Waals surface area (Å²) >= 11 is 15.7. The molecule has 3 aromatic heterocycles. The van der Waals surface area contributed by atoms with E-state index >= 15 is 0 Å². The second-order valence-corrected chi connectivity index (χ2v) is 14.3. The molecule has 220 valence electrons. The molecule has 1 aliphatic rings. The first-order chi connectivity index (χ1) is 18.5. The first-order valence-corrected chi connectivity index (χ1v) is 17.0. The molecular weight excluding hydrogens is 635 g/mol. The number of hydrogen-bond acceptors (Lipinski definition) is 9. The monoisotopic (exact) mass is 666 g/mol. The molecule has 4 rings (SSSR count). The Balaban J connectivity index is 0.00000441. The number of aromatic nitrogens is 2. The molecule has 1 aliphatic heterocycles. The summed E-state index contributed by atoms with van der Waals surface area (Å²) in [4.78, 5) is 28.6. The van der Waals surface area contributed by atoms with Gasteiger partial charge in [-0.3, -0.25) is 10.1 Å². The molecule has 3 aromatic rings. The van der Waals surface area contributed by atoms with Gasteiger partial charge in [0.25, 0.3) is 5.91 Å². The van der Waals surface area contributed by atoms with Crippen LogP contribution in [0.5, 0.6) is 0 Å². The summed E-state index contributed by atoms with van der Waals surface area (Å²) in [6.07, 6.45) is 6.19. The molecule has 1 fully saturated rings. The second-order valence-electron chi connectivity index (χ2n) is 9.65. The molecule has 0 saturated carbocycles. The first kappa shape index (κ1) is 33.0. The molecule has 0 aliphatic carbocycles. The molecule has 0 unspecified atom stereocenters. The molecule has 1 amide bonds. The Morgan fingerprint density at radius 2 is 1.98 bits per heavy atom. The van der Waals surface area contributed by atoms with Crippen LogP contribution in [0, 0.1) is 0 Å². The summed E-state index contributed by atoms with van der Waals surface area (Å²) in [5.41, 5.74) is 1.16. The van der Waals surface area contributed by atoms with Crippen molar-refractivity contribution in [2.45, 2.75) is 45.2 Å². The van der Waals surface area contributed by atoms with Gasteiger partial charge >= 0.3 is 0 Å². The summed E-state index contributed by atoms with van der Waals surface area (Å²) in [6.45, 7) is 5.08. The number of halogens is 3. The summed E-state index contributed by atoms with van der Waals surface area (Å²) in [6, 6.07) is 3.39. The van der Waals surface area contributed by atoms with Crippen molar-refractivity contribution in [2.75, 3.05) is 43.2 Å². The molecule has 9 nitrogen and oxygen atoms in total. The van der Waals surface area contributed by atoms with E-state index < -0.39 is 10.0 Å². The summed E-state index contributed by atoms with van der Waals surface area (Å²) in [7, 11) is -1.17. The quantitative estimate of drug-likeness (QED) is 0.258. The van der Waals surface area contributed by atoms with E-state index in [1.165, 1.54) is 35.1 Å². The third-order valence-electron chi connectivity index (χ3n) is 6.28. The molecule has 0 spiro atoms. The van der Waals surface area contributed by atoms with Crippen molar-refractivity contribution in [1.82, 2.24) is 19.6 Å². The van der Waals surface area contributed by atoms with Gasteiger partial charge in [0, 0.05) is 42.1 Å². The maximum atomic E-state index is 13.1. The SMILES string of the molecule is CCCCN(C)Cc1sc(NC(=O)c2cnc(N3CCC(NS(C)(=O)=O)CC3)c(Cl)c2)nc1-c1cc(Cl)cs1.Cl. The number of hydrogen-bond donors (Lipinski definition) is 2. The highest BCUT2D eigenvalue weighted by Crippen LogP contribution is 2.37. The van der Waals surface area contributed by atoms with Crippen LogP contribution in [0.3, 0.4) is 0 Å². The number of piperidine rings is 1. The van der Waals surface area contributed by atoms with Crippen molar-refractivity contribution in [3.8, 4) is 10.6 Å². The first-order valence-electron chi connectivity index (χ1n) is 12.6. The van der Waals surface area contributed by atoms with Crippen molar-refractivity contribution >= 4 is 85.2 Å². The number of sulfonamides is 1. The van der Waals surface area contributed by atoms with Crippen LogP contribution in [0.15, 0.2) is 23.7 Å². The Morgan fingerprint density at radius 1 is 1.25 bits per heavy atom. The van der Waals surface area contributed by atoms with Gasteiger partial charge in [0.2, 0.25) is 10.0 Å². The van der Waals surface area contributed by atoms with Gasteiger partial charge in [-0.25, -0.2) is 23.1 Å². The molecule has 0 bridgehead atoms. The van der Waals surface area contributed by atoms with E-state index in [0.29, 0.717) is 52.5 Å². The summed E-state index contributed by atoms with van der Waals surface area (Å²) < 4.78 is 25.7. The largest absolute Gasteiger partial charge is 0.355 e. The molecule has 2 N–H and O–H groups in total. The number of nitrogens with one attached hydrogen (secondary N) is 2. The van der Waals surface area contributed by atoms with Gasteiger partial charge in [-0.2, -0.15) is 0 Å². The topological polar surface area (TPSA) is 108 Å². The highest BCUT2D eigenvalue weighted by Gasteiger charge is 2.25. The molecule has 4 heterocycles. The predicted molar refractivity (Wildman–Crippen MR) is 169 cm³/mol.